The predicted octanol–water partition coefficient (Wildman–Crippen LogP) is 2.22. The van der Waals surface area contributed by atoms with Crippen molar-refractivity contribution >= 4 is 5.69 Å². The summed E-state index contributed by atoms with van der Waals surface area (Å²) in [6, 6.07) is 5.22. The van der Waals surface area contributed by atoms with Gasteiger partial charge in [-0.05, 0) is 11.6 Å². The smallest absolute Gasteiger partial charge is 0.390 e. The molecule has 0 heterocycles. The Balaban J connectivity index is 2.80. The molecule has 0 aromatic heterocycles. The maximum atomic E-state index is 12.0. The summed E-state index contributed by atoms with van der Waals surface area (Å²) in [6.45, 7) is 0. The minimum absolute atomic E-state index is 0.296. The fourth-order valence-electron chi connectivity index (χ4n) is 1.21. The highest BCUT2D eigenvalue weighted by Crippen LogP contribution is 2.29. The zero-order chi connectivity index (χ0) is 10.8. The van der Waals surface area contributed by atoms with Crippen LogP contribution in [0.3, 0.4) is 0 Å². The molecule has 0 aliphatic heterocycles. The van der Waals surface area contributed by atoms with E-state index in [4.69, 9.17) is 11.5 Å². The molecule has 4 N–H and O–H groups in total. The number of rotatable bonds is 2. The molecule has 0 fully saturated rings. The number of anilines is 1. The van der Waals surface area contributed by atoms with Gasteiger partial charge in [-0.25, -0.2) is 0 Å². The summed E-state index contributed by atoms with van der Waals surface area (Å²) in [4.78, 5) is 0. The summed E-state index contributed by atoms with van der Waals surface area (Å²) in [6.07, 6.45) is -5.32. The van der Waals surface area contributed by atoms with Crippen LogP contribution in [0.15, 0.2) is 24.3 Å². The van der Waals surface area contributed by atoms with Crippen LogP contribution in [-0.2, 0) is 0 Å². The molecule has 5 heteroatoms. The number of nitrogens with two attached hydrogens (primary N) is 2. The van der Waals surface area contributed by atoms with Crippen LogP contribution in [0, 0.1) is 0 Å². The second-order valence-electron chi connectivity index (χ2n) is 3.05. The molecule has 0 aliphatic rings. The van der Waals surface area contributed by atoms with Crippen LogP contribution in [0.4, 0.5) is 18.9 Å². The van der Waals surface area contributed by atoms with E-state index in [0.29, 0.717) is 11.3 Å². The first-order valence-corrected chi connectivity index (χ1v) is 4.07. The lowest BCUT2D eigenvalue weighted by Gasteiger charge is -2.15. The van der Waals surface area contributed by atoms with Crippen molar-refractivity contribution in [2.75, 3.05) is 5.73 Å². The minimum Gasteiger partial charge on any atom is -0.398 e. The second kappa shape index (κ2) is 3.88. The largest absolute Gasteiger partial charge is 0.398 e. The van der Waals surface area contributed by atoms with Crippen molar-refractivity contribution in [1.82, 2.24) is 0 Å². The van der Waals surface area contributed by atoms with E-state index in [-0.39, 0.29) is 0 Å². The number of hydrogen-bond acceptors (Lipinski definition) is 2. The first-order chi connectivity index (χ1) is 6.40. The van der Waals surface area contributed by atoms with E-state index in [1.165, 1.54) is 12.1 Å². The van der Waals surface area contributed by atoms with Gasteiger partial charge in [-0.1, -0.05) is 18.2 Å². The lowest BCUT2D eigenvalue weighted by Crippen LogP contribution is -2.21. The monoisotopic (exact) mass is 204 g/mol. The highest BCUT2D eigenvalue weighted by molar-refractivity contribution is 5.48. The molecule has 1 aromatic rings. The number of nitrogen functional groups attached to an aromatic ring is 1. The van der Waals surface area contributed by atoms with Gasteiger partial charge < -0.3 is 11.5 Å². The predicted molar refractivity (Wildman–Crippen MR) is 48.5 cm³/mol. The van der Waals surface area contributed by atoms with Crippen molar-refractivity contribution in [1.29, 1.82) is 0 Å². The third-order valence-corrected chi connectivity index (χ3v) is 1.85. The number of hydrogen-bond donors (Lipinski definition) is 2. The highest BCUT2D eigenvalue weighted by Gasteiger charge is 2.31. The van der Waals surface area contributed by atoms with Crippen LogP contribution >= 0.6 is 0 Å². The summed E-state index contributed by atoms with van der Waals surface area (Å²) >= 11 is 0. The maximum absolute atomic E-state index is 12.0. The Morgan fingerprint density at radius 1 is 1.21 bits per heavy atom. The fraction of sp³-hybridized carbons (Fsp3) is 0.333. The lowest BCUT2D eigenvalue weighted by molar-refractivity contribution is -0.138. The number of benzene rings is 1. The lowest BCUT2D eigenvalue weighted by atomic mass is 10.0. The summed E-state index contributed by atoms with van der Waals surface area (Å²) in [7, 11) is 0. The zero-order valence-corrected chi connectivity index (χ0v) is 7.38. The van der Waals surface area contributed by atoms with E-state index >= 15 is 0 Å². The van der Waals surface area contributed by atoms with Crippen molar-refractivity contribution in [2.24, 2.45) is 5.73 Å². The van der Waals surface area contributed by atoms with Crippen molar-refractivity contribution in [3.8, 4) is 0 Å². The van der Waals surface area contributed by atoms with Crippen LogP contribution in [0.5, 0.6) is 0 Å². The van der Waals surface area contributed by atoms with Crippen LogP contribution in [-0.4, -0.2) is 6.18 Å². The first-order valence-electron chi connectivity index (χ1n) is 4.07. The van der Waals surface area contributed by atoms with Crippen LogP contribution in [0.1, 0.15) is 18.0 Å². The number of halogens is 3. The van der Waals surface area contributed by atoms with Crippen molar-refractivity contribution in [3.05, 3.63) is 29.8 Å². The Bertz CT molecular complexity index is 309. The Morgan fingerprint density at radius 2 is 1.79 bits per heavy atom. The van der Waals surface area contributed by atoms with Crippen molar-refractivity contribution in [3.63, 3.8) is 0 Å². The number of alkyl halides is 3. The third kappa shape index (κ3) is 2.92. The van der Waals surface area contributed by atoms with Crippen LogP contribution in [0.2, 0.25) is 0 Å². The molecular weight excluding hydrogens is 193 g/mol. The van der Waals surface area contributed by atoms with E-state index in [9.17, 15) is 13.2 Å². The standard InChI is InChI=1S/C9H11F3N2/c10-9(11,12)5-8(14)6-3-1-2-4-7(6)13/h1-4,8H,5,13-14H2/t8-/m1/s1. The maximum Gasteiger partial charge on any atom is 0.390 e. The molecule has 0 bridgehead atoms. The molecule has 1 atom stereocenters. The molecule has 0 radical (unpaired) electrons. The topological polar surface area (TPSA) is 52.0 Å². The minimum atomic E-state index is -4.26. The average Bonchev–Trinajstić information content (AvgIpc) is 2.01. The molecule has 0 unspecified atom stereocenters. The van der Waals surface area contributed by atoms with Crippen molar-refractivity contribution < 1.29 is 13.2 Å². The van der Waals surface area contributed by atoms with Crippen molar-refractivity contribution in [2.45, 2.75) is 18.6 Å². The molecule has 1 rings (SSSR count). The molecule has 0 saturated heterocycles. The van der Waals surface area contributed by atoms with Gasteiger partial charge in [0.05, 0.1) is 6.42 Å². The fourth-order valence-corrected chi connectivity index (χ4v) is 1.21. The quantitative estimate of drug-likeness (QED) is 0.726. The van der Waals surface area contributed by atoms with Gasteiger partial charge in [-0.3, -0.25) is 0 Å². The van der Waals surface area contributed by atoms with Gasteiger partial charge in [-0.2, -0.15) is 13.2 Å². The molecular formula is C9H11F3N2. The van der Waals surface area contributed by atoms with E-state index in [2.05, 4.69) is 0 Å². The Kier molecular flexibility index (Phi) is 3.00. The molecule has 0 saturated carbocycles. The molecule has 0 spiro atoms. The van der Waals surface area contributed by atoms with Crippen LogP contribution in [0.25, 0.3) is 0 Å². The van der Waals surface area contributed by atoms with Gasteiger partial charge in [0.1, 0.15) is 0 Å². The average molecular weight is 204 g/mol. The summed E-state index contributed by atoms with van der Waals surface area (Å²) in [5.74, 6) is 0. The van der Waals surface area contributed by atoms with E-state index < -0.39 is 18.6 Å². The summed E-state index contributed by atoms with van der Waals surface area (Å²) in [5.41, 5.74) is 11.5. The van der Waals surface area contributed by atoms with E-state index in [1.807, 2.05) is 0 Å². The van der Waals surface area contributed by atoms with Crippen LogP contribution < -0.4 is 11.5 Å². The second-order valence-corrected chi connectivity index (χ2v) is 3.05. The Labute approximate surface area is 79.7 Å². The van der Waals surface area contributed by atoms with Gasteiger partial charge >= 0.3 is 6.18 Å². The Hall–Kier alpha value is -1.23. The molecule has 0 aliphatic carbocycles. The number of para-hydroxylation sites is 1. The van der Waals surface area contributed by atoms with E-state index in [0.717, 1.165) is 0 Å². The first kappa shape index (κ1) is 10.8. The SMILES string of the molecule is Nc1ccccc1[C@H](N)CC(F)(F)F. The zero-order valence-electron chi connectivity index (χ0n) is 7.38. The van der Waals surface area contributed by atoms with Gasteiger partial charge in [0.25, 0.3) is 0 Å². The highest BCUT2D eigenvalue weighted by atomic mass is 19.4. The summed E-state index contributed by atoms with van der Waals surface area (Å²) in [5, 5.41) is 0. The summed E-state index contributed by atoms with van der Waals surface area (Å²) < 4.78 is 36.0. The van der Waals surface area contributed by atoms with Gasteiger partial charge in [-0.15, -0.1) is 0 Å². The normalized spacial score (nSPS) is 14.0. The molecule has 2 nitrogen and oxygen atoms in total. The van der Waals surface area contributed by atoms with E-state index in [1.54, 1.807) is 12.1 Å². The molecule has 0 amide bonds. The van der Waals surface area contributed by atoms with Gasteiger partial charge in [0.2, 0.25) is 0 Å². The third-order valence-electron chi connectivity index (χ3n) is 1.85. The molecule has 1 aromatic carbocycles. The Morgan fingerprint density at radius 3 is 2.29 bits per heavy atom. The molecule has 78 valence electrons. The molecule has 14 heavy (non-hydrogen) atoms. The van der Waals surface area contributed by atoms with Gasteiger partial charge in [0.15, 0.2) is 0 Å². The van der Waals surface area contributed by atoms with Gasteiger partial charge in [0, 0.05) is 11.7 Å².